The van der Waals surface area contributed by atoms with Crippen molar-refractivity contribution in [3.63, 3.8) is 0 Å². The first-order valence-corrected chi connectivity index (χ1v) is 8.79. The second-order valence-corrected chi connectivity index (χ2v) is 6.66. The number of aromatic amines is 1. The van der Waals surface area contributed by atoms with Crippen molar-refractivity contribution in [2.24, 2.45) is 0 Å². The second kappa shape index (κ2) is 6.90. The Morgan fingerprint density at radius 1 is 1.20 bits per heavy atom. The standard InChI is InChI=1S/C20H19ClN2O2/c21-17-7-3-1-6-16(17)19-13-23(9-10-25-19)20(24)11-14-12-22-18-8-4-2-5-15(14)18/h1-8,12,19,22H,9-11,13H2. The van der Waals surface area contributed by atoms with Crippen LogP contribution >= 0.6 is 11.6 Å². The molecule has 0 spiro atoms. The zero-order valence-corrected chi connectivity index (χ0v) is 14.5. The van der Waals surface area contributed by atoms with Gasteiger partial charge in [0.05, 0.1) is 19.6 Å². The Kier molecular flexibility index (Phi) is 4.47. The molecule has 0 radical (unpaired) electrons. The van der Waals surface area contributed by atoms with E-state index in [0.29, 0.717) is 31.1 Å². The third kappa shape index (κ3) is 3.28. The van der Waals surface area contributed by atoms with Gasteiger partial charge in [-0.25, -0.2) is 0 Å². The van der Waals surface area contributed by atoms with E-state index in [2.05, 4.69) is 4.98 Å². The van der Waals surface area contributed by atoms with Crippen LogP contribution in [0.1, 0.15) is 17.2 Å². The van der Waals surface area contributed by atoms with Crippen molar-refractivity contribution < 1.29 is 9.53 Å². The minimum atomic E-state index is -0.172. The predicted molar refractivity (Wildman–Crippen MR) is 98.7 cm³/mol. The lowest BCUT2D eigenvalue weighted by Gasteiger charge is -2.33. The molecule has 25 heavy (non-hydrogen) atoms. The molecule has 1 unspecified atom stereocenters. The lowest BCUT2D eigenvalue weighted by atomic mass is 10.1. The number of nitrogens with zero attached hydrogens (tertiary/aromatic N) is 1. The summed E-state index contributed by atoms with van der Waals surface area (Å²) in [6.07, 6.45) is 2.14. The summed E-state index contributed by atoms with van der Waals surface area (Å²) in [5, 5.41) is 1.78. The van der Waals surface area contributed by atoms with Crippen molar-refractivity contribution in [2.75, 3.05) is 19.7 Å². The van der Waals surface area contributed by atoms with E-state index >= 15 is 0 Å². The highest BCUT2D eigenvalue weighted by atomic mass is 35.5. The fourth-order valence-electron chi connectivity index (χ4n) is 3.35. The number of para-hydroxylation sites is 1. The van der Waals surface area contributed by atoms with Crippen LogP contribution in [-0.2, 0) is 16.0 Å². The van der Waals surface area contributed by atoms with E-state index in [1.165, 1.54) is 0 Å². The van der Waals surface area contributed by atoms with Gasteiger partial charge < -0.3 is 14.6 Å². The molecule has 4 rings (SSSR count). The summed E-state index contributed by atoms with van der Waals surface area (Å²) in [4.78, 5) is 17.9. The van der Waals surface area contributed by atoms with Gasteiger partial charge in [0.1, 0.15) is 6.10 Å². The molecule has 1 aliphatic heterocycles. The van der Waals surface area contributed by atoms with E-state index in [9.17, 15) is 4.79 Å². The molecule has 1 aliphatic rings. The van der Waals surface area contributed by atoms with E-state index in [1.54, 1.807) is 0 Å². The highest BCUT2D eigenvalue weighted by Crippen LogP contribution is 2.28. The summed E-state index contributed by atoms with van der Waals surface area (Å²) in [5.41, 5.74) is 3.02. The maximum atomic E-state index is 12.8. The summed E-state index contributed by atoms with van der Waals surface area (Å²) < 4.78 is 5.85. The van der Waals surface area contributed by atoms with Crippen LogP contribution in [0.4, 0.5) is 0 Å². The maximum Gasteiger partial charge on any atom is 0.227 e. The first kappa shape index (κ1) is 16.2. The van der Waals surface area contributed by atoms with Crippen LogP contribution in [0.3, 0.4) is 0 Å². The van der Waals surface area contributed by atoms with Crippen LogP contribution in [0.5, 0.6) is 0 Å². The zero-order chi connectivity index (χ0) is 17.2. The Hall–Kier alpha value is -2.30. The molecule has 1 amide bonds. The number of hydrogen-bond acceptors (Lipinski definition) is 2. The number of nitrogens with one attached hydrogen (secondary N) is 1. The third-order valence-electron chi connectivity index (χ3n) is 4.69. The number of fused-ring (bicyclic) bond motifs is 1. The maximum absolute atomic E-state index is 12.8. The van der Waals surface area contributed by atoms with Crippen LogP contribution in [-0.4, -0.2) is 35.5 Å². The number of benzene rings is 2. The van der Waals surface area contributed by atoms with E-state index in [1.807, 2.05) is 59.6 Å². The molecule has 2 heterocycles. The molecule has 0 aliphatic carbocycles. The molecule has 0 bridgehead atoms. The Labute approximate surface area is 151 Å². The molecule has 3 aromatic rings. The molecule has 1 aromatic heterocycles. The number of halogens is 1. The van der Waals surface area contributed by atoms with Gasteiger partial charge in [0.15, 0.2) is 0 Å². The van der Waals surface area contributed by atoms with E-state index in [4.69, 9.17) is 16.3 Å². The minimum absolute atomic E-state index is 0.116. The summed E-state index contributed by atoms with van der Waals surface area (Å²) in [6.45, 7) is 1.67. The average molecular weight is 355 g/mol. The van der Waals surface area contributed by atoms with Gasteiger partial charge in [-0.2, -0.15) is 0 Å². The normalized spacial score (nSPS) is 17.8. The molecule has 128 valence electrons. The SMILES string of the molecule is O=C(Cc1c[nH]c2ccccc12)N1CCOC(c2ccccc2Cl)C1. The van der Waals surface area contributed by atoms with E-state index in [-0.39, 0.29) is 12.0 Å². The Bertz CT molecular complexity index is 905. The van der Waals surface area contributed by atoms with Crippen molar-refractivity contribution in [2.45, 2.75) is 12.5 Å². The fraction of sp³-hybridized carbons (Fsp3) is 0.250. The number of ether oxygens (including phenoxy) is 1. The predicted octanol–water partition coefficient (Wildman–Crippen LogP) is 3.96. The summed E-state index contributed by atoms with van der Waals surface area (Å²) in [5.74, 6) is 0.116. The third-order valence-corrected chi connectivity index (χ3v) is 5.03. The smallest absolute Gasteiger partial charge is 0.227 e. The first-order chi connectivity index (χ1) is 12.2. The number of carbonyl (C=O) groups excluding carboxylic acids is 1. The summed E-state index contributed by atoms with van der Waals surface area (Å²) >= 11 is 6.28. The molecule has 1 saturated heterocycles. The Morgan fingerprint density at radius 3 is 2.88 bits per heavy atom. The number of rotatable bonds is 3. The average Bonchev–Trinajstić information content (AvgIpc) is 3.05. The van der Waals surface area contributed by atoms with Gasteiger partial charge in [-0.3, -0.25) is 4.79 Å². The van der Waals surface area contributed by atoms with Gasteiger partial charge in [0.25, 0.3) is 0 Å². The van der Waals surface area contributed by atoms with Crippen molar-refractivity contribution in [3.8, 4) is 0 Å². The van der Waals surface area contributed by atoms with Crippen LogP contribution in [0.15, 0.2) is 54.7 Å². The molecule has 2 aromatic carbocycles. The summed E-state index contributed by atoms with van der Waals surface area (Å²) in [7, 11) is 0. The number of H-pyrrole nitrogens is 1. The molecule has 0 saturated carbocycles. The lowest BCUT2D eigenvalue weighted by molar-refractivity contribution is -0.138. The number of carbonyl (C=O) groups is 1. The molecular weight excluding hydrogens is 336 g/mol. The van der Waals surface area contributed by atoms with Gasteiger partial charge in [0.2, 0.25) is 5.91 Å². The van der Waals surface area contributed by atoms with Crippen molar-refractivity contribution in [3.05, 3.63) is 70.9 Å². The van der Waals surface area contributed by atoms with Crippen LogP contribution in [0.2, 0.25) is 5.02 Å². The second-order valence-electron chi connectivity index (χ2n) is 6.26. The minimum Gasteiger partial charge on any atom is -0.370 e. The topological polar surface area (TPSA) is 45.3 Å². The Morgan fingerprint density at radius 2 is 2.00 bits per heavy atom. The molecule has 1 N–H and O–H groups in total. The van der Waals surface area contributed by atoms with Gasteiger partial charge in [0, 0.05) is 34.2 Å². The van der Waals surface area contributed by atoms with Gasteiger partial charge in [-0.1, -0.05) is 48.0 Å². The largest absolute Gasteiger partial charge is 0.370 e. The van der Waals surface area contributed by atoms with E-state index < -0.39 is 0 Å². The van der Waals surface area contributed by atoms with E-state index in [0.717, 1.165) is 22.0 Å². The van der Waals surface area contributed by atoms with Crippen LogP contribution in [0, 0.1) is 0 Å². The fourth-order valence-corrected chi connectivity index (χ4v) is 3.61. The zero-order valence-electron chi connectivity index (χ0n) is 13.7. The summed E-state index contributed by atoms with van der Waals surface area (Å²) in [6, 6.07) is 15.7. The highest BCUT2D eigenvalue weighted by molar-refractivity contribution is 6.31. The number of amides is 1. The van der Waals surface area contributed by atoms with Crippen LogP contribution in [0.25, 0.3) is 10.9 Å². The number of aromatic nitrogens is 1. The number of hydrogen-bond donors (Lipinski definition) is 1. The quantitative estimate of drug-likeness (QED) is 0.773. The Balaban J connectivity index is 1.49. The monoisotopic (exact) mass is 354 g/mol. The molecule has 4 nitrogen and oxygen atoms in total. The molecular formula is C20H19ClN2O2. The first-order valence-electron chi connectivity index (χ1n) is 8.41. The molecule has 1 atom stereocenters. The van der Waals surface area contributed by atoms with Crippen molar-refractivity contribution in [1.82, 2.24) is 9.88 Å². The van der Waals surface area contributed by atoms with Gasteiger partial charge >= 0.3 is 0 Å². The molecule has 5 heteroatoms. The molecule has 1 fully saturated rings. The van der Waals surface area contributed by atoms with Crippen molar-refractivity contribution in [1.29, 1.82) is 0 Å². The van der Waals surface area contributed by atoms with Gasteiger partial charge in [-0.15, -0.1) is 0 Å². The van der Waals surface area contributed by atoms with Gasteiger partial charge in [-0.05, 0) is 17.7 Å². The lowest BCUT2D eigenvalue weighted by Crippen LogP contribution is -2.43. The highest BCUT2D eigenvalue weighted by Gasteiger charge is 2.27. The number of morpholine rings is 1. The van der Waals surface area contributed by atoms with Crippen molar-refractivity contribution >= 4 is 28.4 Å². The van der Waals surface area contributed by atoms with Crippen LogP contribution < -0.4 is 0 Å².